The average molecular weight is 501 g/mol. The van der Waals surface area contributed by atoms with Crippen LogP contribution >= 0.6 is 0 Å². The van der Waals surface area contributed by atoms with E-state index in [9.17, 15) is 14.4 Å². The van der Waals surface area contributed by atoms with E-state index in [1.54, 1.807) is 12.3 Å². The minimum Gasteiger partial charge on any atom is -0.392 e. The van der Waals surface area contributed by atoms with E-state index in [1.807, 2.05) is 39.1 Å². The third-order valence-electron chi connectivity index (χ3n) is 6.46. The van der Waals surface area contributed by atoms with Crippen LogP contribution in [-0.4, -0.2) is 41.6 Å². The van der Waals surface area contributed by atoms with Gasteiger partial charge in [0.1, 0.15) is 12.0 Å². The van der Waals surface area contributed by atoms with Gasteiger partial charge in [-0.15, -0.1) is 0 Å². The lowest BCUT2D eigenvalue weighted by Gasteiger charge is -2.14. The molecule has 3 rings (SSSR count). The number of nitrogens with zero attached hydrogens (tertiary/aromatic N) is 2. The van der Waals surface area contributed by atoms with E-state index < -0.39 is 0 Å². The van der Waals surface area contributed by atoms with Crippen molar-refractivity contribution in [2.24, 2.45) is 0 Å². The van der Waals surface area contributed by atoms with Crippen LogP contribution in [0.4, 0.5) is 0 Å². The molecule has 0 aliphatic heterocycles. The van der Waals surface area contributed by atoms with Crippen molar-refractivity contribution in [3.8, 4) is 11.1 Å². The molecule has 1 aromatic carbocycles. The van der Waals surface area contributed by atoms with Crippen molar-refractivity contribution in [3.63, 3.8) is 0 Å². The zero-order valence-corrected chi connectivity index (χ0v) is 22.5. The molecule has 7 heteroatoms. The second kappa shape index (κ2) is 12.3. The molecule has 1 amide bonds. The Hall–Kier alpha value is -4.00. The standard InChI is InChI=1S/C30H36N4O3/c1-7-8-22(11-21(5)31-6)25(17-35)15-33-30(37)27-12-24(23-9-10-26(18-36)32-14-23)13-28-29(27)20(4)16-34(28)19(2)3/h9-14,16-19,31H,7-8,15H2,1-6H3,(H,33,37)/b21-11-,25-22-. The molecule has 2 heterocycles. The number of pyridine rings is 1. The van der Waals surface area contributed by atoms with Gasteiger partial charge < -0.3 is 15.2 Å². The molecule has 2 N–H and O–H groups in total. The smallest absolute Gasteiger partial charge is 0.252 e. The number of aldehydes is 2. The van der Waals surface area contributed by atoms with Crippen molar-refractivity contribution < 1.29 is 14.4 Å². The van der Waals surface area contributed by atoms with Crippen LogP contribution in [0.25, 0.3) is 22.0 Å². The summed E-state index contributed by atoms with van der Waals surface area (Å²) in [6.45, 7) is 10.3. The van der Waals surface area contributed by atoms with Crippen molar-refractivity contribution in [3.05, 3.63) is 76.4 Å². The van der Waals surface area contributed by atoms with E-state index in [-0.39, 0.29) is 18.5 Å². The van der Waals surface area contributed by atoms with Gasteiger partial charge in [-0.3, -0.25) is 19.4 Å². The molecule has 194 valence electrons. The van der Waals surface area contributed by atoms with Crippen molar-refractivity contribution in [1.82, 2.24) is 20.2 Å². The first-order chi connectivity index (χ1) is 17.7. The molecule has 0 bridgehead atoms. The predicted octanol–water partition coefficient (Wildman–Crippen LogP) is 5.55. The molecule has 0 atom stereocenters. The first-order valence-corrected chi connectivity index (χ1v) is 12.6. The molecular weight excluding hydrogens is 464 g/mol. The van der Waals surface area contributed by atoms with E-state index in [2.05, 4.69) is 53.2 Å². The highest BCUT2D eigenvalue weighted by molar-refractivity contribution is 6.09. The van der Waals surface area contributed by atoms with Crippen LogP contribution in [-0.2, 0) is 4.79 Å². The minimum absolute atomic E-state index is 0.135. The SMILES string of the molecule is CCCC(/C=C(/C)NC)=C(/C=O)CNC(=O)c1cc(-c2ccc(C=O)nc2)cc2c1c(C)cn2C(C)C. The molecule has 0 saturated heterocycles. The number of hydrogen-bond donors (Lipinski definition) is 2. The summed E-state index contributed by atoms with van der Waals surface area (Å²) in [4.78, 5) is 40.8. The number of nitrogens with one attached hydrogen (secondary N) is 2. The second-order valence-electron chi connectivity index (χ2n) is 9.50. The molecule has 0 unspecified atom stereocenters. The lowest BCUT2D eigenvalue weighted by molar-refractivity contribution is -0.105. The van der Waals surface area contributed by atoms with Crippen LogP contribution in [0.3, 0.4) is 0 Å². The van der Waals surface area contributed by atoms with E-state index in [4.69, 9.17) is 0 Å². The van der Waals surface area contributed by atoms with Gasteiger partial charge in [-0.2, -0.15) is 0 Å². The number of aryl methyl sites for hydroxylation is 1. The van der Waals surface area contributed by atoms with Crippen molar-refractivity contribution in [2.45, 2.75) is 53.5 Å². The van der Waals surface area contributed by atoms with Crippen molar-refractivity contribution >= 4 is 29.4 Å². The summed E-state index contributed by atoms with van der Waals surface area (Å²) in [7, 11) is 1.84. The molecule has 0 aliphatic rings. The fourth-order valence-electron chi connectivity index (χ4n) is 4.44. The maximum absolute atomic E-state index is 13.6. The van der Waals surface area contributed by atoms with Gasteiger partial charge in [0, 0.05) is 65.3 Å². The summed E-state index contributed by atoms with van der Waals surface area (Å²) in [5.74, 6) is -0.251. The summed E-state index contributed by atoms with van der Waals surface area (Å²) in [6.07, 6.45) is 8.82. The fraction of sp³-hybridized carbons (Fsp3) is 0.333. The Morgan fingerprint density at radius 1 is 1.14 bits per heavy atom. The van der Waals surface area contributed by atoms with E-state index in [0.29, 0.717) is 23.1 Å². The summed E-state index contributed by atoms with van der Waals surface area (Å²) in [5.41, 5.74) is 6.88. The van der Waals surface area contributed by atoms with E-state index >= 15 is 0 Å². The Morgan fingerprint density at radius 2 is 1.89 bits per heavy atom. The maximum atomic E-state index is 13.6. The highest BCUT2D eigenvalue weighted by Crippen LogP contribution is 2.33. The third-order valence-corrected chi connectivity index (χ3v) is 6.46. The number of carbonyl (C=O) groups is 3. The lowest BCUT2D eigenvalue weighted by atomic mass is 9.98. The largest absolute Gasteiger partial charge is 0.392 e. The number of allylic oxidation sites excluding steroid dienone is 3. The molecular formula is C30H36N4O3. The molecule has 0 saturated carbocycles. The van der Waals surface area contributed by atoms with Crippen LogP contribution < -0.4 is 10.6 Å². The van der Waals surface area contributed by atoms with Gasteiger partial charge in [-0.05, 0) is 75.1 Å². The molecule has 7 nitrogen and oxygen atoms in total. The predicted molar refractivity (Wildman–Crippen MR) is 149 cm³/mol. The quantitative estimate of drug-likeness (QED) is 0.204. The number of rotatable bonds is 11. The normalized spacial score (nSPS) is 12.5. The monoisotopic (exact) mass is 500 g/mol. The summed E-state index contributed by atoms with van der Waals surface area (Å²) in [5, 5.41) is 6.95. The van der Waals surface area contributed by atoms with Gasteiger partial charge in [-0.1, -0.05) is 19.4 Å². The Balaban J connectivity index is 2.09. The number of amides is 1. The van der Waals surface area contributed by atoms with Crippen LogP contribution in [0.2, 0.25) is 0 Å². The molecule has 0 radical (unpaired) electrons. The number of carbonyl (C=O) groups excluding carboxylic acids is 3. The molecule has 3 aromatic rings. The third kappa shape index (κ3) is 6.23. The molecule has 0 spiro atoms. The van der Waals surface area contributed by atoms with E-state index in [0.717, 1.165) is 58.0 Å². The zero-order valence-electron chi connectivity index (χ0n) is 22.5. The first kappa shape index (κ1) is 27.6. The minimum atomic E-state index is -0.251. The van der Waals surface area contributed by atoms with Crippen molar-refractivity contribution in [2.75, 3.05) is 13.6 Å². The Labute approximate surface area is 218 Å². The highest BCUT2D eigenvalue weighted by Gasteiger charge is 2.19. The maximum Gasteiger partial charge on any atom is 0.252 e. The Bertz CT molecular complexity index is 1360. The van der Waals surface area contributed by atoms with Crippen LogP contribution in [0, 0.1) is 6.92 Å². The highest BCUT2D eigenvalue weighted by atomic mass is 16.1. The first-order valence-electron chi connectivity index (χ1n) is 12.6. The number of fused-ring (bicyclic) bond motifs is 1. The Kier molecular flexibility index (Phi) is 9.17. The molecule has 37 heavy (non-hydrogen) atoms. The van der Waals surface area contributed by atoms with Crippen LogP contribution in [0.5, 0.6) is 0 Å². The summed E-state index contributed by atoms with van der Waals surface area (Å²) in [6, 6.07) is 7.60. The van der Waals surface area contributed by atoms with Crippen LogP contribution in [0.15, 0.2) is 59.6 Å². The zero-order chi connectivity index (χ0) is 27.1. The summed E-state index contributed by atoms with van der Waals surface area (Å²) >= 11 is 0. The molecule has 0 aliphatic carbocycles. The molecule has 2 aromatic heterocycles. The topological polar surface area (TPSA) is 93.1 Å². The molecule has 0 fully saturated rings. The van der Waals surface area contributed by atoms with Crippen molar-refractivity contribution in [1.29, 1.82) is 0 Å². The average Bonchev–Trinajstić information content (AvgIpc) is 3.25. The Morgan fingerprint density at radius 3 is 2.46 bits per heavy atom. The summed E-state index contributed by atoms with van der Waals surface area (Å²) < 4.78 is 2.15. The van der Waals surface area contributed by atoms with Gasteiger partial charge in [0.25, 0.3) is 5.91 Å². The van der Waals surface area contributed by atoms with Crippen LogP contribution in [0.1, 0.15) is 73.0 Å². The number of aromatic nitrogens is 2. The fourth-order valence-corrected chi connectivity index (χ4v) is 4.44. The lowest BCUT2D eigenvalue weighted by Crippen LogP contribution is -2.27. The number of benzene rings is 1. The van der Waals surface area contributed by atoms with Gasteiger partial charge >= 0.3 is 0 Å². The second-order valence-corrected chi connectivity index (χ2v) is 9.50. The van der Waals surface area contributed by atoms with Gasteiger partial charge in [0.05, 0.1) is 0 Å². The number of hydrogen-bond acceptors (Lipinski definition) is 5. The van der Waals surface area contributed by atoms with Gasteiger partial charge in [0.15, 0.2) is 6.29 Å². The van der Waals surface area contributed by atoms with E-state index in [1.165, 1.54) is 0 Å². The van der Waals surface area contributed by atoms with Gasteiger partial charge in [-0.25, -0.2) is 0 Å². The van der Waals surface area contributed by atoms with Gasteiger partial charge in [0.2, 0.25) is 0 Å².